The van der Waals surface area contributed by atoms with Crippen LogP contribution in [0.2, 0.25) is 0 Å². The van der Waals surface area contributed by atoms with Gasteiger partial charge in [-0.05, 0) is 37.6 Å². The van der Waals surface area contributed by atoms with Crippen LogP contribution >= 0.6 is 0 Å². The van der Waals surface area contributed by atoms with Gasteiger partial charge in [0.2, 0.25) is 5.91 Å². The number of para-hydroxylation sites is 1. The smallest absolute Gasteiger partial charge is 0.261 e. The van der Waals surface area contributed by atoms with Gasteiger partial charge in [0.25, 0.3) is 5.56 Å². The van der Waals surface area contributed by atoms with Gasteiger partial charge in [0.05, 0.1) is 23.8 Å². The maximum Gasteiger partial charge on any atom is 0.261 e. The van der Waals surface area contributed by atoms with E-state index in [2.05, 4.69) is 10.3 Å². The number of fused-ring (bicyclic) bond motifs is 1. The summed E-state index contributed by atoms with van der Waals surface area (Å²) in [5, 5.41) is 3.02. The summed E-state index contributed by atoms with van der Waals surface area (Å²) in [6, 6.07) is 9.47. The number of aromatic nitrogens is 2. The molecule has 0 atom stereocenters. The van der Waals surface area contributed by atoms with E-state index in [1.165, 1.54) is 29.1 Å². The van der Waals surface area contributed by atoms with Gasteiger partial charge in [0.15, 0.2) is 11.6 Å². The number of amides is 1. The first-order valence-corrected chi connectivity index (χ1v) is 8.16. The third-order valence-corrected chi connectivity index (χ3v) is 3.88. The van der Waals surface area contributed by atoms with Crippen molar-refractivity contribution in [1.29, 1.82) is 0 Å². The van der Waals surface area contributed by atoms with Crippen LogP contribution in [0.25, 0.3) is 10.9 Å². The zero-order valence-corrected chi connectivity index (χ0v) is 14.5. The van der Waals surface area contributed by atoms with Crippen molar-refractivity contribution in [1.82, 2.24) is 9.55 Å². The van der Waals surface area contributed by atoms with Gasteiger partial charge in [-0.1, -0.05) is 12.1 Å². The van der Waals surface area contributed by atoms with Crippen molar-refractivity contribution < 1.29 is 13.9 Å². The molecule has 6 nitrogen and oxygen atoms in total. The first kappa shape index (κ1) is 17.6. The highest BCUT2D eigenvalue weighted by atomic mass is 19.1. The van der Waals surface area contributed by atoms with Gasteiger partial charge in [0, 0.05) is 11.8 Å². The summed E-state index contributed by atoms with van der Waals surface area (Å²) in [4.78, 5) is 29.0. The van der Waals surface area contributed by atoms with Gasteiger partial charge in [-0.15, -0.1) is 0 Å². The van der Waals surface area contributed by atoms with Gasteiger partial charge in [-0.2, -0.15) is 0 Å². The Kier molecular flexibility index (Phi) is 4.97. The van der Waals surface area contributed by atoms with Gasteiger partial charge in [0.1, 0.15) is 6.54 Å². The summed E-state index contributed by atoms with van der Waals surface area (Å²) in [5.74, 6) is -0.898. The van der Waals surface area contributed by atoms with Crippen molar-refractivity contribution in [3.8, 4) is 5.75 Å². The van der Waals surface area contributed by atoms with Crippen LogP contribution in [-0.4, -0.2) is 22.1 Å². The number of halogens is 1. The van der Waals surface area contributed by atoms with Crippen molar-refractivity contribution in [2.75, 3.05) is 11.9 Å². The van der Waals surface area contributed by atoms with Crippen molar-refractivity contribution in [2.45, 2.75) is 20.4 Å². The molecule has 3 rings (SSSR count). The summed E-state index contributed by atoms with van der Waals surface area (Å²) < 4.78 is 20.2. The zero-order valence-electron chi connectivity index (χ0n) is 14.5. The second-order valence-electron chi connectivity index (χ2n) is 5.78. The molecule has 0 bridgehead atoms. The fourth-order valence-electron chi connectivity index (χ4n) is 2.66. The summed E-state index contributed by atoms with van der Waals surface area (Å²) in [5.41, 5.74) is 1.49. The SMILES string of the molecule is CCOc1ccc(NC(=O)Cn2cnc3c(C)cccc3c2=O)cc1F. The maximum atomic E-state index is 13.8. The maximum absolute atomic E-state index is 13.8. The van der Waals surface area contributed by atoms with Crippen LogP contribution in [0.3, 0.4) is 0 Å². The van der Waals surface area contributed by atoms with E-state index in [0.717, 1.165) is 5.56 Å². The fourth-order valence-corrected chi connectivity index (χ4v) is 2.66. The molecule has 0 aliphatic heterocycles. The molecule has 2 aromatic carbocycles. The molecule has 7 heteroatoms. The Labute approximate surface area is 149 Å². The average molecular weight is 355 g/mol. The Bertz CT molecular complexity index is 1030. The minimum absolute atomic E-state index is 0.121. The van der Waals surface area contributed by atoms with E-state index in [9.17, 15) is 14.0 Å². The Morgan fingerprint density at radius 2 is 2.12 bits per heavy atom. The lowest BCUT2D eigenvalue weighted by Crippen LogP contribution is -2.28. The normalized spacial score (nSPS) is 10.7. The predicted octanol–water partition coefficient (Wildman–Crippen LogP) is 2.88. The summed E-state index contributed by atoms with van der Waals surface area (Å²) >= 11 is 0. The fraction of sp³-hybridized carbons (Fsp3) is 0.211. The van der Waals surface area contributed by atoms with Crippen LogP contribution in [0.15, 0.2) is 47.5 Å². The lowest BCUT2D eigenvalue weighted by Gasteiger charge is -2.10. The van der Waals surface area contributed by atoms with Crippen molar-refractivity contribution in [2.24, 2.45) is 0 Å². The average Bonchev–Trinajstić information content (AvgIpc) is 2.60. The molecule has 0 fully saturated rings. The number of nitrogens with one attached hydrogen (secondary N) is 1. The summed E-state index contributed by atoms with van der Waals surface area (Å²) in [6.45, 7) is 3.75. The predicted molar refractivity (Wildman–Crippen MR) is 96.9 cm³/mol. The van der Waals surface area contributed by atoms with Gasteiger partial charge in [-0.25, -0.2) is 9.37 Å². The molecule has 1 amide bonds. The highest BCUT2D eigenvalue weighted by Gasteiger charge is 2.11. The topological polar surface area (TPSA) is 73.2 Å². The van der Waals surface area contributed by atoms with Crippen LogP contribution in [-0.2, 0) is 11.3 Å². The number of anilines is 1. The molecular weight excluding hydrogens is 337 g/mol. The van der Waals surface area contributed by atoms with Crippen LogP contribution in [0, 0.1) is 12.7 Å². The molecule has 0 saturated heterocycles. The van der Waals surface area contributed by atoms with E-state index in [-0.39, 0.29) is 23.5 Å². The van der Waals surface area contributed by atoms with Crippen LogP contribution in [0.1, 0.15) is 12.5 Å². The Balaban J connectivity index is 1.78. The minimum atomic E-state index is -0.565. The molecule has 1 aromatic heterocycles. The van der Waals surface area contributed by atoms with E-state index in [4.69, 9.17) is 4.74 Å². The number of ether oxygens (including phenoxy) is 1. The number of hydrogen-bond donors (Lipinski definition) is 1. The highest BCUT2D eigenvalue weighted by Crippen LogP contribution is 2.21. The molecular formula is C19H18FN3O3. The van der Waals surface area contributed by atoms with E-state index in [0.29, 0.717) is 17.5 Å². The lowest BCUT2D eigenvalue weighted by atomic mass is 10.1. The number of carbonyl (C=O) groups excluding carboxylic acids is 1. The van der Waals surface area contributed by atoms with E-state index in [1.807, 2.05) is 13.0 Å². The lowest BCUT2D eigenvalue weighted by molar-refractivity contribution is -0.116. The third kappa shape index (κ3) is 3.56. The molecule has 0 saturated carbocycles. The molecule has 0 radical (unpaired) electrons. The quantitative estimate of drug-likeness (QED) is 0.764. The number of aryl methyl sites for hydroxylation is 1. The van der Waals surface area contributed by atoms with Crippen molar-refractivity contribution in [3.63, 3.8) is 0 Å². The van der Waals surface area contributed by atoms with E-state index in [1.54, 1.807) is 19.1 Å². The molecule has 1 N–H and O–H groups in total. The summed E-state index contributed by atoms with van der Waals surface area (Å²) in [7, 11) is 0. The molecule has 3 aromatic rings. The van der Waals surface area contributed by atoms with Gasteiger partial charge in [-0.3, -0.25) is 14.2 Å². The molecule has 26 heavy (non-hydrogen) atoms. The zero-order chi connectivity index (χ0) is 18.7. The van der Waals surface area contributed by atoms with Crippen molar-refractivity contribution in [3.05, 3.63) is 64.5 Å². The van der Waals surface area contributed by atoms with Crippen molar-refractivity contribution >= 4 is 22.5 Å². The Morgan fingerprint density at radius 3 is 2.85 bits per heavy atom. The Hall–Kier alpha value is -3.22. The summed E-state index contributed by atoms with van der Waals surface area (Å²) in [6.07, 6.45) is 1.34. The number of rotatable bonds is 5. The third-order valence-electron chi connectivity index (χ3n) is 3.88. The standard InChI is InChI=1S/C19H18FN3O3/c1-3-26-16-8-7-13(9-15(16)20)22-17(24)10-23-11-21-18-12(2)5-4-6-14(18)19(23)25/h4-9,11H,3,10H2,1-2H3,(H,22,24). The second kappa shape index (κ2) is 7.35. The van der Waals surface area contributed by atoms with Gasteiger partial charge >= 0.3 is 0 Å². The molecule has 0 aliphatic rings. The highest BCUT2D eigenvalue weighted by molar-refractivity contribution is 5.91. The Morgan fingerprint density at radius 1 is 1.31 bits per heavy atom. The molecule has 0 unspecified atom stereocenters. The number of nitrogens with zero attached hydrogens (tertiary/aromatic N) is 2. The van der Waals surface area contributed by atoms with Crippen LogP contribution in [0.5, 0.6) is 5.75 Å². The largest absolute Gasteiger partial charge is 0.491 e. The molecule has 0 spiro atoms. The second-order valence-corrected chi connectivity index (χ2v) is 5.78. The first-order valence-electron chi connectivity index (χ1n) is 8.16. The van der Waals surface area contributed by atoms with E-state index < -0.39 is 11.7 Å². The monoisotopic (exact) mass is 355 g/mol. The van der Waals surface area contributed by atoms with Crippen LogP contribution in [0.4, 0.5) is 10.1 Å². The first-order chi connectivity index (χ1) is 12.5. The van der Waals surface area contributed by atoms with Gasteiger partial charge < -0.3 is 10.1 Å². The number of carbonyl (C=O) groups is 1. The van der Waals surface area contributed by atoms with Crippen LogP contribution < -0.4 is 15.6 Å². The number of hydrogen-bond acceptors (Lipinski definition) is 4. The minimum Gasteiger partial charge on any atom is -0.491 e. The molecule has 0 aliphatic carbocycles. The molecule has 134 valence electrons. The number of benzene rings is 2. The van der Waals surface area contributed by atoms with E-state index >= 15 is 0 Å². The molecule has 1 heterocycles.